The van der Waals surface area contributed by atoms with Gasteiger partial charge >= 0.3 is 0 Å². The van der Waals surface area contributed by atoms with Gasteiger partial charge in [0.15, 0.2) is 0 Å². The maximum absolute atomic E-state index is 12.8. The van der Waals surface area contributed by atoms with Crippen molar-refractivity contribution in [2.45, 2.75) is 26.4 Å². The molecule has 2 aromatic rings. The third-order valence-electron chi connectivity index (χ3n) is 4.07. The van der Waals surface area contributed by atoms with Gasteiger partial charge in [-0.05, 0) is 54.1 Å². The van der Waals surface area contributed by atoms with Crippen LogP contribution in [0.3, 0.4) is 0 Å². The first-order valence-electron chi connectivity index (χ1n) is 7.26. The third-order valence-corrected chi connectivity index (χ3v) is 5.07. The molecule has 1 aromatic heterocycles. The maximum Gasteiger partial charge on any atom is 0.254 e. The van der Waals surface area contributed by atoms with E-state index in [2.05, 4.69) is 29.8 Å². The number of rotatable bonds is 3. The highest BCUT2D eigenvalue weighted by Crippen LogP contribution is 2.22. The van der Waals surface area contributed by atoms with Gasteiger partial charge in [0.1, 0.15) is 0 Å². The van der Waals surface area contributed by atoms with E-state index in [1.165, 1.54) is 21.6 Å². The Kier molecular flexibility index (Phi) is 4.08. The Morgan fingerprint density at radius 1 is 1.38 bits per heavy atom. The Labute approximate surface area is 129 Å². The minimum Gasteiger partial charge on any atom is -0.337 e. The van der Waals surface area contributed by atoms with Crippen molar-refractivity contribution in [3.63, 3.8) is 0 Å². The average Bonchev–Trinajstić information content (AvgIpc) is 2.91. The molecule has 1 amide bonds. The van der Waals surface area contributed by atoms with Crippen molar-refractivity contribution < 1.29 is 4.79 Å². The first-order chi connectivity index (χ1) is 10.2. The first-order valence-corrected chi connectivity index (χ1v) is 8.14. The van der Waals surface area contributed by atoms with E-state index in [1.807, 2.05) is 24.1 Å². The van der Waals surface area contributed by atoms with Crippen LogP contribution in [0, 0.1) is 6.92 Å². The van der Waals surface area contributed by atoms with Crippen LogP contribution < -0.4 is 5.32 Å². The Morgan fingerprint density at radius 3 is 3.00 bits per heavy atom. The van der Waals surface area contributed by atoms with E-state index in [0.29, 0.717) is 6.54 Å². The molecule has 2 heterocycles. The molecular weight excluding hydrogens is 280 g/mol. The molecule has 0 atom stereocenters. The molecule has 0 unspecified atom stereocenters. The van der Waals surface area contributed by atoms with Crippen molar-refractivity contribution in [1.82, 2.24) is 10.2 Å². The van der Waals surface area contributed by atoms with Crippen LogP contribution in [0.4, 0.5) is 0 Å². The van der Waals surface area contributed by atoms with E-state index >= 15 is 0 Å². The maximum atomic E-state index is 12.8. The fraction of sp³-hybridized carbons (Fsp3) is 0.353. The van der Waals surface area contributed by atoms with Gasteiger partial charge in [0.2, 0.25) is 0 Å². The average molecular weight is 300 g/mol. The lowest BCUT2D eigenvalue weighted by molar-refractivity contribution is 0.0785. The summed E-state index contributed by atoms with van der Waals surface area (Å²) in [5, 5.41) is 5.44. The normalized spacial score (nSPS) is 13.8. The van der Waals surface area contributed by atoms with Crippen molar-refractivity contribution >= 4 is 17.2 Å². The Balaban J connectivity index is 1.83. The zero-order valence-corrected chi connectivity index (χ0v) is 13.3. The van der Waals surface area contributed by atoms with Gasteiger partial charge in [-0.15, -0.1) is 11.3 Å². The van der Waals surface area contributed by atoms with Crippen LogP contribution in [0.1, 0.15) is 31.9 Å². The van der Waals surface area contributed by atoms with Gasteiger partial charge < -0.3 is 10.2 Å². The van der Waals surface area contributed by atoms with E-state index in [9.17, 15) is 4.79 Å². The summed E-state index contributed by atoms with van der Waals surface area (Å²) in [4.78, 5) is 15.9. The number of carbonyl (C=O) groups is 1. The second kappa shape index (κ2) is 6.00. The quantitative estimate of drug-likeness (QED) is 0.945. The van der Waals surface area contributed by atoms with E-state index < -0.39 is 0 Å². The zero-order chi connectivity index (χ0) is 14.8. The molecule has 1 aromatic carbocycles. The molecule has 0 saturated heterocycles. The zero-order valence-electron chi connectivity index (χ0n) is 12.5. The predicted molar refractivity (Wildman–Crippen MR) is 86.7 cm³/mol. The lowest BCUT2D eigenvalue weighted by atomic mass is 9.95. The van der Waals surface area contributed by atoms with Gasteiger partial charge in [0.05, 0.1) is 6.54 Å². The largest absolute Gasteiger partial charge is 0.337 e. The number of carbonyl (C=O) groups excluding carboxylic acids is 1. The second-order valence-corrected chi connectivity index (χ2v) is 6.56. The highest BCUT2D eigenvalue weighted by Gasteiger charge is 2.20. The number of amides is 1. The van der Waals surface area contributed by atoms with Crippen LogP contribution in [0.15, 0.2) is 29.6 Å². The van der Waals surface area contributed by atoms with E-state index in [0.717, 1.165) is 25.1 Å². The number of aryl methyl sites for hydroxylation is 1. The van der Waals surface area contributed by atoms with E-state index in [1.54, 1.807) is 11.3 Å². The summed E-state index contributed by atoms with van der Waals surface area (Å²) in [6, 6.07) is 8.17. The molecular formula is C17H20N2OS. The Bertz CT molecular complexity index is 663. The highest BCUT2D eigenvalue weighted by atomic mass is 32.1. The van der Waals surface area contributed by atoms with Gasteiger partial charge in [0.25, 0.3) is 5.91 Å². The van der Waals surface area contributed by atoms with Crippen molar-refractivity contribution in [2.75, 3.05) is 13.6 Å². The van der Waals surface area contributed by atoms with Gasteiger partial charge in [-0.25, -0.2) is 0 Å². The Morgan fingerprint density at radius 2 is 2.24 bits per heavy atom. The molecule has 3 nitrogen and oxygen atoms in total. The molecule has 0 saturated carbocycles. The van der Waals surface area contributed by atoms with Crippen LogP contribution in [0.2, 0.25) is 0 Å². The molecule has 0 radical (unpaired) electrons. The van der Waals surface area contributed by atoms with Crippen LogP contribution in [0.5, 0.6) is 0 Å². The van der Waals surface area contributed by atoms with Gasteiger partial charge in [0, 0.05) is 24.0 Å². The number of hydrogen-bond acceptors (Lipinski definition) is 3. The lowest BCUT2D eigenvalue weighted by Gasteiger charge is -2.23. The van der Waals surface area contributed by atoms with Crippen molar-refractivity contribution in [2.24, 2.45) is 0 Å². The van der Waals surface area contributed by atoms with Crippen LogP contribution >= 0.6 is 11.3 Å². The number of fused-ring (bicyclic) bond motifs is 1. The molecule has 1 N–H and O–H groups in total. The summed E-state index contributed by atoms with van der Waals surface area (Å²) in [5.74, 6) is 0.126. The molecule has 1 aliphatic heterocycles. The monoisotopic (exact) mass is 300 g/mol. The SMILES string of the molecule is Cc1ccsc1CN(C)C(=O)c1cccc2c1CCNC2. The van der Waals surface area contributed by atoms with Gasteiger partial charge in [-0.2, -0.15) is 0 Å². The molecule has 0 aliphatic carbocycles. The molecule has 4 heteroatoms. The first kappa shape index (κ1) is 14.3. The summed E-state index contributed by atoms with van der Waals surface area (Å²) in [5.41, 5.74) is 4.61. The van der Waals surface area contributed by atoms with Crippen LogP contribution in [-0.4, -0.2) is 24.4 Å². The van der Waals surface area contributed by atoms with Crippen LogP contribution in [-0.2, 0) is 19.5 Å². The summed E-state index contributed by atoms with van der Waals surface area (Å²) in [7, 11) is 1.89. The second-order valence-electron chi connectivity index (χ2n) is 5.56. The fourth-order valence-electron chi connectivity index (χ4n) is 2.79. The Hall–Kier alpha value is -1.65. The standard InChI is InChI=1S/C17H20N2OS/c1-12-7-9-21-16(12)11-19(2)17(20)15-5-3-4-13-10-18-8-6-14(13)15/h3-5,7,9,18H,6,8,10-11H2,1-2H3. The molecule has 110 valence electrons. The summed E-state index contributed by atoms with van der Waals surface area (Å²) >= 11 is 1.72. The number of benzene rings is 1. The number of nitrogens with zero attached hydrogens (tertiary/aromatic N) is 1. The number of thiophene rings is 1. The number of nitrogens with one attached hydrogen (secondary N) is 1. The molecule has 3 rings (SSSR count). The highest BCUT2D eigenvalue weighted by molar-refractivity contribution is 7.10. The third kappa shape index (κ3) is 2.87. The van der Waals surface area contributed by atoms with E-state index in [-0.39, 0.29) is 5.91 Å². The van der Waals surface area contributed by atoms with Crippen molar-refractivity contribution in [3.05, 3.63) is 56.8 Å². The van der Waals surface area contributed by atoms with Crippen LogP contribution in [0.25, 0.3) is 0 Å². The summed E-state index contributed by atoms with van der Waals surface area (Å²) < 4.78 is 0. The van der Waals surface area contributed by atoms with Crippen molar-refractivity contribution in [3.8, 4) is 0 Å². The molecule has 0 bridgehead atoms. The molecule has 0 fully saturated rings. The van der Waals surface area contributed by atoms with Gasteiger partial charge in [-0.3, -0.25) is 4.79 Å². The van der Waals surface area contributed by atoms with Crippen molar-refractivity contribution in [1.29, 1.82) is 0 Å². The lowest BCUT2D eigenvalue weighted by Crippen LogP contribution is -2.30. The molecule has 1 aliphatic rings. The van der Waals surface area contributed by atoms with Gasteiger partial charge in [-0.1, -0.05) is 12.1 Å². The predicted octanol–water partition coefficient (Wildman–Crippen LogP) is 2.97. The van der Waals surface area contributed by atoms with E-state index in [4.69, 9.17) is 0 Å². The number of hydrogen-bond donors (Lipinski definition) is 1. The smallest absolute Gasteiger partial charge is 0.254 e. The topological polar surface area (TPSA) is 32.3 Å². The summed E-state index contributed by atoms with van der Waals surface area (Å²) in [6.07, 6.45) is 0.934. The fourth-order valence-corrected chi connectivity index (χ4v) is 3.75. The molecule has 21 heavy (non-hydrogen) atoms. The minimum atomic E-state index is 0.126. The summed E-state index contributed by atoms with van der Waals surface area (Å²) in [6.45, 7) is 4.60. The molecule has 0 spiro atoms. The minimum absolute atomic E-state index is 0.126.